The van der Waals surface area contributed by atoms with Gasteiger partial charge in [-0.2, -0.15) is 0 Å². The molecule has 0 spiro atoms. The standard InChI is InChI=1S/C25H21BrClN3O4S/c1-13-10-16(29(31)32)11-17-22-18(25(28-24(13)17)14-6-8-15(26)9-7-14)12-21(23(22)27)35-20-5-3-2-4-19(20)30(33)34/h2-11,18,21-23,25,28H,12H2,1H3/t18-,21+,22+,23+,25-/m0/s1. The lowest BCUT2D eigenvalue weighted by Gasteiger charge is -2.39. The molecule has 7 nitrogen and oxygen atoms in total. The highest BCUT2D eigenvalue weighted by atomic mass is 79.9. The minimum atomic E-state index is -0.374. The van der Waals surface area contributed by atoms with Gasteiger partial charge in [-0.25, -0.2) is 0 Å². The number of aryl methyl sites for hydroxylation is 1. The Morgan fingerprint density at radius 1 is 1.06 bits per heavy atom. The van der Waals surface area contributed by atoms with Crippen LogP contribution in [0.2, 0.25) is 0 Å². The van der Waals surface area contributed by atoms with Gasteiger partial charge in [0.2, 0.25) is 0 Å². The van der Waals surface area contributed by atoms with Crippen LogP contribution in [0, 0.1) is 33.1 Å². The molecule has 5 rings (SSSR count). The number of nitrogens with zero attached hydrogens (tertiary/aromatic N) is 2. The molecule has 2 aliphatic rings. The highest BCUT2D eigenvalue weighted by Gasteiger charge is 2.51. The maximum absolute atomic E-state index is 11.6. The Morgan fingerprint density at radius 2 is 1.77 bits per heavy atom. The predicted octanol–water partition coefficient (Wildman–Crippen LogP) is 7.61. The average Bonchev–Trinajstić information content (AvgIpc) is 3.15. The van der Waals surface area contributed by atoms with Gasteiger partial charge in [-0.3, -0.25) is 20.2 Å². The van der Waals surface area contributed by atoms with Crippen molar-refractivity contribution in [2.45, 2.75) is 40.8 Å². The van der Waals surface area contributed by atoms with E-state index in [0.29, 0.717) is 11.3 Å². The molecule has 0 saturated heterocycles. The summed E-state index contributed by atoms with van der Waals surface area (Å²) in [5.74, 6) is -0.0757. The second-order valence-corrected chi connectivity index (χ2v) is 11.6. The van der Waals surface area contributed by atoms with Gasteiger partial charge in [-0.1, -0.05) is 40.2 Å². The number of halogens is 2. The summed E-state index contributed by atoms with van der Waals surface area (Å²) < 4.78 is 0.979. The molecule has 0 radical (unpaired) electrons. The first-order valence-electron chi connectivity index (χ1n) is 11.1. The summed E-state index contributed by atoms with van der Waals surface area (Å²) >= 11 is 12.0. The van der Waals surface area contributed by atoms with Crippen molar-refractivity contribution < 1.29 is 9.85 Å². The number of anilines is 1. The SMILES string of the molecule is Cc1cc([N+](=O)[O-])cc2c1N[C@@H](c1ccc(Br)cc1)[C@H]1C[C@@H](Sc3ccccc3[N+](=O)[O-])[C@@H](Cl)[C@H]21. The number of hydrogen-bond donors (Lipinski definition) is 1. The summed E-state index contributed by atoms with van der Waals surface area (Å²) in [6.45, 7) is 1.87. The second-order valence-electron chi connectivity index (χ2n) is 8.91. The fraction of sp³-hybridized carbons (Fsp3) is 0.280. The first-order valence-corrected chi connectivity index (χ1v) is 13.2. The lowest BCUT2D eigenvalue weighted by atomic mass is 9.76. The van der Waals surface area contributed by atoms with E-state index >= 15 is 0 Å². The van der Waals surface area contributed by atoms with Gasteiger partial charge in [0.05, 0.1) is 26.2 Å². The Labute approximate surface area is 219 Å². The van der Waals surface area contributed by atoms with Gasteiger partial charge in [0.25, 0.3) is 11.4 Å². The molecule has 1 aliphatic carbocycles. The molecule has 3 aromatic carbocycles. The molecule has 1 N–H and O–H groups in total. The molecule has 180 valence electrons. The summed E-state index contributed by atoms with van der Waals surface area (Å²) in [6.07, 6.45) is 0.713. The van der Waals surface area contributed by atoms with Gasteiger partial charge in [-0.15, -0.1) is 23.4 Å². The molecular formula is C25H21BrClN3O4S. The van der Waals surface area contributed by atoms with Crippen LogP contribution in [0.25, 0.3) is 0 Å². The minimum absolute atomic E-state index is 0.0432. The minimum Gasteiger partial charge on any atom is -0.377 e. The van der Waals surface area contributed by atoms with Crippen molar-refractivity contribution in [1.82, 2.24) is 0 Å². The van der Waals surface area contributed by atoms with E-state index in [0.717, 1.165) is 26.9 Å². The summed E-state index contributed by atoms with van der Waals surface area (Å²) in [5, 5.41) is 26.4. The zero-order valence-corrected chi connectivity index (χ0v) is 21.7. The summed E-state index contributed by atoms with van der Waals surface area (Å²) in [6, 6.07) is 18.0. The number of benzene rings is 3. The Balaban J connectivity index is 1.59. The molecular weight excluding hydrogens is 554 g/mol. The fourth-order valence-corrected chi connectivity index (χ4v) is 7.57. The lowest BCUT2D eigenvalue weighted by molar-refractivity contribution is -0.387. The van der Waals surface area contributed by atoms with Gasteiger partial charge in [0, 0.05) is 39.5 Å². The first kappa shape index (κ1) is 24.1. The Hall–Kier alpha value is -2.62. The zero-order valence-electron chi connectivity index (χ0n) is 18.6. The average molecular weight is 575 g/mol. The van der Waals surface area contributed by atoms with Gasteiger partial charge < -0.3 is 5.32 Å². The van der Waals surface area contributed by atoms with E-state index in [4.69, 9.17) is 11.6 Å². The summed E-state index contributed by atoms with van der Waals surface area (Å²) in [4.78, 5) is 23.0. The number of para-hydroxylation sites is 1. The number of nitro groups is 2. The molecule has 1 fully saturated rings. The monoisotopic (exact) mass is 573 g/mol. The highest BCUT2D eigenvalue weighted by Crippen LogP contribution is 2.59. The van der Waals surface area contributed by atoms with Crippen molar-refractivity contribution in [2.24, 2.45) is 5.92 Å². The maximum atomic E-state index is 11.6. The van der Waals surface area contributed by atoms with E-state index in [1.165, 1.54) is 17.8 Å². The molecule has 10 heteroatoms. The van der Waals surface area contributed by atoms with Crippen LogP contribution in [0.3, 0.4) is 0 Å². The molecule has 0 bridgehead atoms. The van der Waals surface area contributed by atoms with E-state index in [9.17, 15) is 20.2 Å². The van der Waals surface area contributed by atoms with E-state index in [1.54, 1.807) is 30.3 Å². The third-order valence-electron chi connectivity index (χ3n) is 6.88. The molecule has 1 aliphatic heterocycles. The van der Waals surface area contributed by atoms with Crippen LogP contribution < -0.4 is 5.32 Å². The van der Waals surface area contributed by atoms with Crippen LogP contribution in [0.1, 0.15) is 35.1 Å². The van der Waals surface area contributed by atoms with Crippen LogP contribution >= 0.6 is 39.3 Å². The number of hydrogen-bond acceptors (Lipinski definition) is 6. The maximum Gasteiger partial charge on any atom is 0.282 e. The molecule has 35 heavy (non-hydrogen) atoms. The quantitative estimate of drug-likeness (QED) is 0.191. The van der Waals surface area contributed by atoms with Crippen molar-refractivity contribution in [3.63, 3.8) is 0 Å². The molecule has 0 amide bonds. The zero-order chi connectivity index (χ0) is 24.9. The second kappa shape index (κ2) is 9.44. The van der Waals surface area contributed by atoms with Crippen molar-refractivity contribution in [1.29, 1.82) is 0 Å². The number of rotatable bonds is 5. The predicted molar refractivity (Wildman–Crippen MR) is 142 cm³/mol. The largest absolute Gasteiger partial charge is 0.377 e. The van der Waals surface area contributed by atoms with Gasteiger partial charge >= 0.3 is 0 Å². The van der Waals surface area contributed by atoms with E-state index in [1.807, 2.05) is 19.1 Å². The first-order chi connectivity index (χ1) is 16.7. The van der Waals surface area contributed by atoms with E-state index in [-0.39, 0.29) is 49.7 Å². The summed E-state index contributed by atoms with van der Waals surface area (Å²) in [5.41, 5.74) is 3.74. The number of non-ortho nitro benzene ring substituents is 1. The normalized spacial score (nSPS) is 24.8. The lowest BCUT2D eigenvalue weighted by Crippen LogP contribution is -2.31. The third kappa shape index (κ3) is 4.41. The molecule has 1 saturated carbocycles. The summed E-state index contributed by atoms with van der Waals surface area (Å²) in [7, 11) is 0. The smallest absolute Gasteiger partial charge is 0.282 e. The third-order valence-corrected chi connectivity index (χ3v) is 9.52. The van der Waals surface area contributed by atoms with Crippen LogP contribution in [-0.2, 0) is 0 Å². The number of nitrogens with one attached hydrogen (secondary N) is 1. The van der Waals surface area contributed by atoms with Crippen molar-refractivity contribution in [3.8, 4) is 0 Å². The van der Waals surface area contributed by atoms with Crippen LogP contribution in [0.4, 0.5) is 17.1 Å². The van der Waals surface area contributed by atoms with Crippen molar-refractivity contribution in [3.05, 3.63) is 102 Å². The molecule has 0 unspecified atom stereocenters. The van der Waals surface area contributed by atoms with Crippen molar-refractivity contribution >= 4 is 56.4 Å². The van der Waals surface area contributed by atoms with E-state index < -0.39 is 0 Å². The van der Waals surface area contributed by atoms with Gasteiger partial charge in [0.15, 0.2) is 0 Å². The van der Waals surface area contributed by atoms with Gasteiger partial charge in [0.1, 0.15) is 0 Å². The Morgan fingerprint density at radius 3 is 2.46 bits per heavy atom. The van der Waals surface area contributed by atoms with E-state index in [2.05, 4.69) is 33.4 Å². The van der Waals surface area contributed by atoms with Crippen LogP contribution in [-0.4, -0.2) is 20.5 Å². The Kier molecular flexibility index (Phi) is 6.50. The molecule has 1 heterocycles. The van der Waals surface area contributed by atoms with Crippen LogP contribution in [0.5, 0.6) is 0 Å². The Bertz CT molecular complexity index is 1320. The number of thioether (sulfide) groups is 1. The molecule has 5 atom stereocenters. The highest BCUT2D eigenvalue weighted by molar-refractivity contribution is 9.10. The number of fused-ring (bicyclic) bond motifs is 3. The fourth-order valence-electron chi connectivity index (χ4n) is 5.37. The number of nitro benzene ring substituents is 2. The van der Waals surface area contributed by atoms with Crippen LogP contribution in [0.15, 0.2) is 70.0 Å². The molecule has 0 aromatic heterocycles. The number of alkyl halides is 1. The van der Waals surface area contributed by atoms with Gasteiger partial charge in [-0.05, 0) is 54.2 Å². The topological polar surface area (TPSA) is 98.3 Å². The van der Waals surface area contributed by atoms with Crippen molar-refractivity contribution in [2.75, 3.05) is 5.32 Å². The molecule has 3 aromatic rings.